The minimum absolute atomic E-state index is 0.0961. The van der Waals surface area contributed by atoms with Gasteiger partial charge in [-0.2, -0.15) is 5.10 Å². The van der Waals surface area contributed by atoms with Gasteiger partial charge in [0.1, 0.15) is 11.7 Å². The molecule has 3 heterocycles. The second-order valence-electron chi connectivity index (χ2n) is 6.58. The number of carbonyl (C=O) groups is 2. The molecule has 0 radical (unpaired) electrons. The average Bonchev–Trinajstić information content (AvgIpc) is 3.41. The molecule has 0 aromatic carbocycles. The van der Waals surface area contributed by atoms with E-state index in [-0.39, 0.29) is 11.8 Å². The maximum absolute atomic E-state index is 13.1. The van der Waals surface area contributed by atoms with E-state index >= 15 is 0 Å². The Labute approximate surface area is 150 Å². The van der Waals surface area contributed by atoms with Gasteiger partial charge in [0.25, 0.3) is 5.91 Å². The molecule has 7 nitrogen and oxygen atoms in total. The molecular formula is C17H21N5O2S. The largest absolute Gasteiger partial charge is 0.325 e. The Bertz CT molecular complexity index is 751. The van der Waals surface area contributed by atoms with Crippen molar-refractivity contribution in [1.29, 1.82) is 0 Å². The van der Waals surface area contributed by atoms with E-state index in [2.05, 4.69) is 15.4 Å². The number of hydrogen-bond donors (Lipinski definition) is 1. The molecule has 1 unspecified atom stereocenters. The summed E-state index contributed by atoms with van der Waals surface area (Å²) in [6.07, 6.45) is 9.34. The number of nitrogens with one attached hydrogen (secondary N) is 1. The van der Waals surface area contributed by atoms with Crippen molar-refractivity contribution in [3.8, 4) is 0 Å². The summed E-state index contributed by atoms with van der Waals surface area (Å²) >= 11 is 1.38. The van der Waals surface area contributed by atoms with Crippen LogP contribution in [0.25, 0.3) is 0 Å². The molecule has 2 fully saturated rings. The van der Waals surface area contributed by atoms with E-state index in [4.69, 9.17) is 0 Å². The fourth-order valence-corrected chi connectivity index (χ4v) is 4.36. The molecule has 0 bridgehead atoms. The summed E-state index contributed by atoms with van der Waals surface area (Å²) in [6, 6.07) is 1.64. The number of rotatable bonds is 4. The Morgan fingerprint density at radius 3 is 2.76 bits per heavy atom. The van der Waals surface area contributed by atoms with Gasteiger partial charge in [-0.1, -0.05) is 12.8 Å². The molecule has 8 heteroatoms. The fourth-order valence-electron chi connectivity index (χ4n) is 3.83. The van der Waals surface area contributed by atoms with Gasteiger partial charge in [0.05, 0.1) is 6.04 Å². The fraction of sp³-hybridized carbons (Fsp3) is 0.529. The lowest BCUT2D eigenvalue weighted by Crippen LogP contribution is -2.44. The number of hydrogen-bond acceptors (Lipinski definition) is 5. The molecule has 2 aliphatic rings. The molecular weight excluding hydrogens is 338 g/mol. The molecule has 0 spiro atoms. The maximum Gasteiger partial charge on any atom is 0.272 e. The Morgan fingerprint density at radius 1 is 1.16 bits per heavy atom. The highest BCUT2D eigenvalue weighted by Gasteiger charge is 2.36. The van der Waals surface area contributed by atoms with E-state index in [9.17, 15) is 9.59 Å². The second-order valence-corrected chi connectivity index (χ2v) is 7.48. The van der Waals surface area contributed by atoms with Gasteiger partial charge < -0.3 is 10.2 Å². The van der Waals surface area contributed by atoms with Crippen LogP contribution in [0.15, 0.2) is 23.8 Å². The molecule has 1 aliphatic heterocycles. The van der Waals surface area contributed by atoms with Crippen LogP contribution in [0.5, 0.6) is 0 Å². The van der Waals surface area contributed by atoms with Gasteiger partial charge in [0, 0.05) is 24.3 Å². The Kier molecular flexibility index (Phi) is 4.52. The van der Waals surface area contributed by atoms with Crippen LogP contribution in [-0.4, -0.2) is 44.1 Å². The third-order valence-corrected chi connectivity index (χ3v) is 5.73. The van der Waals surface area contributed by atoms with Crippen molar-refractivity contribution in [3.05, 3.63) is 29.5 Å². The predicted molar refractivity (Wildman–Crippen MR) is 94.5 cm³/mol. The lowest BCUT2D eigenvalue weighted by Gasteiger charge is -2.24. The topological polar surface area (TPSA) is 80.1 Å². The maximum atomic E-state index is 13.1. The zero-order valence-corrected chi connectivity index (χ0v) is 14.7. The lowest BCUT2D eigenvalue weighted by molar-refractivity contribution is -0.119. The van der Waals surface area contributed by atoms with E-state index in [1.807, 2.05) is 10.1 Å². The van der Waals surface area contributed by atoms with Gasteiger partial charge in [0.2, 0.25) is 5.91 Å². The smallest absolute Gasteiger partial charge is 0.272 e. The first kappa shape index (κ1) is 16.3. The third kappa shape index (κ3) is 3.18. The number of anilines is 1. The molecule has 25 heavy (non-hydrogen) atoms. The molecule has 2 amide bonds. The normalized spacial score (nSPS) is 21.0. The highest BCUT2D eigenvalue weighted by molar-refractivity contribution is 7.13. The SMILES string of the molecule is O=C(Nc1nccs1)C1CCCN1C(=O)c1ccnn1C1CCCC1. The molecule has 4 rings (SSSR count). The highest BCUT2D eigenvalue weighted by Crippen LogP contribution is 2.31. The molecule has 1 aliphatic carbocycles. The minimum Gasteiger partial charge on any atom is -0.325 e. The van der Waals surface area contributed by atoms with E-state index in [0.717, 1.165) is 19.3 Å². The van der Waals surface area contributed by atoms with Crippen molar-refractivity contribution in [2.75, 3.05) is 11.9 Å². The number of amides is 2. The minimum atomic E-state index is -0.441. The summed E-state index contributed by atoms with van der Waals surface area (Å²) in [7, 11) is 0. The number of thiazole rings is 1. The second kappa shape index (κ2) is 6.95. The van der Waals surface area contributed by atoms with Crippen molar-refractivity contribution in [2.24, 2.45) is 0 Å². The van der Waals surface area contributed by atoms with Gasteiger partial charge in [0.15, 0.2) is 5.13 Å². The third-order valence-electron chi connectivity index (χ3n) is 5.04. The zero-order valence-electron chi connectivity index (χ0n) is 13.9. The average molecular weight is 359 g/mol. The van der Waals surface area contributed by atoms with Crippen LogP contribution in [0, 0.1) is 0 Å². The van der Waals surface area contributed by atoms with Crippen LogP contribution >= 0.6 is 11.3 Å². The molecule has 1 saturated carbocycles. The number of likely N-dealkylation sites (tertiary alicyclic amines) is 1. The molecule has 2 aromatic heterocycles. The first-order valence-corrected chi connectivity index (χ1v) is 9.67. The number of carbonyl (C=O) groups excluding carboxylic acids is 2. The summed E-state index contributed by atoms with van der Waals surface area (Å²) in [5.74, 6) is -0.256. The van der Waals surface area contributed by atoms with E-state index in [0.29, 0.717) is 29.8 Å². The quantitative estimate of drug-likeness (QED) is 0.910. The van der Waals surface area contributed by atoms with Gasteiger partial charge in [-0.15, -0.1) is 11.3 Å². The van der Waals surface area contributed by atoms with Crippen molar-refractivity contribution >= 4 is 28.3 Å². The van der Waals surface area contributed by atoms with Crippen LogP contribution in [0.2, 0.25) is 0 Å². The van der Waals surface area contributed by atoms with Crippen molar-refractivity contribution < 1.29 is 9.59 Å². The van der Waals surface area contributed by atoms with Gasteiger partial charge >= 0.3 is 0 Å². The Hall–Kier alpha value is -2.22. The monoisotopic (exact) mass is 359 g/mol. The number of nitrogens with zero attached hydrogens (tertiary/aromatic N) is 4. The van der Waals surface area contributed by atoms with Crippen molar-refractivity contribution in [1.82, 2.24) is 19.7 Å². The summed E-state index contributed by atoms with van der Waals surface area (Å²) < 4.78 is 1.86. The predicted octanol–water partition coefficient (Wildman–Crippen LogP) is 2.70. The Balaban J connectivity index is 1.51. The van der Waals surface area contributed by atoms with Gasteiger partial charge in [-0.05, 0) is 31.7 Å². The van der Waals surface area contributed by atoms with Gasteiger partial charge in [-0.25, -0.2) is 4.98 Å². The summed E-state index contributed by atoms with van der Waals surface area (Å²) in [4.78, 5) is 31.4. The van der Waals surface area contributed by atoms with Crippen LogP contribution in [0.1, 0.15) is 55.1 Å². The highest BCUT2D eigenvalue weighted by atomic mass is 32.1. The summed E-state index contributed by atoms with van der Waals surface area (Å²) in [6.45, 7) is 0.602. The first-order chi connectivity index (χ1) is 12.2. The van der Waals surface area contributed by atoms with E-state index < -0.39 is 6.04 Å². The van der Waals surface area contributed by atoms with Crippen LogP contribution in [0.4, 0.5) is 5.13 Å². The number of aromatic nitrogens is 3. The lowest BCUT2D eigenvalue weighted by atomic mass is 10.2. The molecule has 2 aromatic rings. The van der Waals surface area contributed by atoms with Gasteiger partial charge in [-0.3, -0.25) is 14.3 Å². The molecule has 1 atom stereocenters. The standard InChI is InChI=1S/C17H21N5O2S/c23-15(20-17-18-9-11-25-17)13-6-3-10-21(13)16(24)14-7-8-19-22(14)12-4-1-2-5-12/h7-9,11-13H,1-6,10H2,(H,18,20,23). The summed E-state index contributed by atoms with van der Waals surface area (Å²) in [5.41, 5.74) is 0.598. The van der Waals surface area contributed by atoms with Crippen molar-refractivity contribution in [3.63, 3.8) is 0 Å². The Morgan fingerprint density at radius 2 is 2.00 bits per heavy atom. The zero-order chi connectivity index (χ0) is 17.2. The molecule has 1 saturated heterocycles. The molecule has 132 valence electrons. The van der Waals surface area contributed by atoms with Crippen LogP contribution in [-0.2, 0) is 4.79 Å². The first-order valence-electron chi connectivity index (χ1n) is 8.79. The summed E-state index contributed by atoms with van der Waals surface area (Å²) in [5, 5.41) is 9.58. The molecule has 1 N–H and O–H groups in total. The van der Waals surface area contributed by atoms with Crippen LogP contribution < -0.4 is 5.32 Å². The van der Waals surface area contributed by atoms with E-state index in [1.165, 1.54) is 24.2 Å². The van der Waals surface area contributed by atoms with Crippen molar-refractivity contribution in [2.45, 2.75) is 50.6 Å². The van der Waals surface area contributed by atoms with E-state index in [1.54, 1.807) is 23.4 Å². The van der Waals surface area contributed by atoms with Crippen LogP contribution in [0.3, 0.4) is 0 Å².